The van der Waals surface area contributed by atoms with E-state index < -0.39 is 19.0 Å². The van der Waals surface area contributed by atoms with Crippen LogP contribution in [0.25, 0.3) is 10.9 Å². The van der Waals surface area contributed by atoms with Crippen molar-refractivity contribution >= 4 is 53.7 Å². The minimum absolute atomic E-state index is 0.0170. The van der Waals surface area contributed by atoms with Crippen molar-refractivity contribution in [3.63, 3.8) is 0 Å². The first-order chi connectivity index (χ1) is 25.2. The number of halogens is 1. The molecule has 2 N–H and O–H groups in total. The lowest BCUT2D eigenvalue weighted by Crippen LogP contribution is -2.36. The fraction of sp³-hybridized carbons (Fsp3) is 0.500. The summed E-state index contributed by atoms with van der Waals surface area (Å²) < 4.78 is 42.8. The zero-order valence-corrected chi connectivity index (χ0v) is 34.5. The molecule has 0 aliphatic carbocycles. The van der Waals surface area contributed by atoms with Crippen molar-refractivity contribution in [2.24, 2.45) is 5.41 Å². The molecule has 0 saturated heterocycles. The average Bonchev–Trinajstić information content (AvgIpc) is 3.04. The summed E-state index contributed by atoms with van der Waals surface area (Å²) in [5.74, 6) is 1.33. The number of aromatic nitrogens is 4. The lowest BCUT2D eigenvalue weighted by Gasteiger charge is -2.33. The van der Waals surface area contributed by atoms with Crippen LogP contribution < -0.4 is 20.1 Å². The van der Waals surface area contributed by atoms with E-state index in [0.717, 1.165) is 6.54 Å². The van der Waals surface area contributed by atoms with Crippen molar-refractivity contribution in [1.29, 1.82) is 0 Å². The minimum atomic E-state index is -3.82. The number of hydrogen-bond acceptors (Lipinski definition) is 13. The summed E-state index contributed by atoms with van der Waals surface area (Å²) in [7, 11) is -2.24. The van der Waals surface area contributed by atoms with E-state index in [0.29, 0.717) is 70.6 Å². The normalized spacial score (nSPS) is 12.6. The predicted molar refractivity (Wildman–Crippen MR) is 212 cm³/mol. The maximum Gasteiger partial charge on any atom is 0.475 e. The number of carbonyl (C=O) groups is 1. The van der Waals surface area contributed by atoms with Gasteiger partial charge in [0.2, 0.25) is 5.95 Å². The largest absolute Gasteiger partial charge is 0.493 e. The zero-order valence-electron chi connectivity index (χ0n) is 32.9. The number of carbonyl (C=O) groups excluding carboxylic acids is 1. The third-order valence-corrected chi connectivity index (χ3v) is 9.43. The second-order valence-electron chi connectivity index (χ2n) is 15.9. The SMILES string of the molecule is COc1cc2c(Nc3cnc(NC(=O)c4cccc(Cl)c4)nc3)ncnc2cc1OCCCN(CCOP(=O)(OC(C)(C)C)OC(C)(C)C)CC(C)(C)C. The van der Waals surface area contributed by atoms with Crippen LogP contribution in [0.15, 0.2) is 55.1 Å². The molecule has 294 valence electrons. The first-order valence-electron chi connectivity index (χ1n) is 17.7. The smallest absolute Gasteiger partial charge is 0.475 e. The summed E-state index contributed by atoms with van der Waals surface area (Å²) >= 11 is 6.00. The highest BCUT2D eigenvalue weighted by atomic mass is 35.5. The zero-order chi connectivity index (χ0) is 39.7. The number of phosphoric acid groups is 1. The van der Waals surface area contributed by atoms with Crippen LogP contribution >= 0.6 is 19.4 Å². The van der Waals surface area contributed by atoms with Gasteiger partial charge < -0.3 is 19.7 Å². The fourth-order valence-electron chi connectivity index (χ4n) is 5.27. The van der Waals surface area contributed by atoms with Crippen LogP contribution in [0.5, 0.6) is 11.5 Å². The molecule has 2 aromatic heterocycles. The molecule has 2 heterocycles. The van der Waals surface area contributed by atoms with Gasteiger partial charge in [-0.1, -0.05) is 38.4 Å². The first kappa shape index (κ1) is 42.8. The molecule has 16 heteroatoms. The Balaban J connectivity index is 1.37. The summed E-state index contributed by atoms with van der Waals surface area (Å²) in [6.45, 7) is 20.0. The number of benzene rings is 2. The Morgan fingerprint density at radius 1 is 0.870 bits per heavy atom. The highest BCUT2D eigenvalue weighted by Gasteiger charge is 2.37. The number of phosphoric ester groups is 1. The maximum absolute atomic E-state index is 13.5. The van der Waals surface area contributed by atoms with E-state index in [4.69, 9.17) is 34.6 Å². The summed E-state index contributed by atoms with van der Waals surface area (Å²) in [5, 5.41) is 7.03. The summed E-state index contributed by atoms with van der Waals surface area (Å²) in [5.41, 5.74) is 0.180. The monoisotopic (exact) mass is 785 g/mol. The van der Waals surface area contributed by atoms with Gasteiger partial charge in [0.25, 0.3) is 5.91 Å². The predicted octanol–water partition coefficient (Wildman–Crippen LogP) is 8.95. The summed E-state index contributed by atoms with van der Waals surface area (Å²) in [4.78, 5) is 32.2. The number of fused-ring (bicyclic) bond motifs is 1. The van der Waals surface area contributed by atoms with E-state index >= 15 is 0 Å². The van der Waals surface area contributed by atoms with E-state index in [1.54, 1.807) is 31.4 Å². The van der Waals surface area contributed by atoms with Crippen LogP contribution in [0, 0.1) is 5.41 Å². The van der Waals surface area contributed by atoms with Crippen molar-refractivity contribution in [3.05, 3.63) is 65.7 Å². The fourth-order valence-corrected chi connectivity index (χ4v) is 7.25. The average molecular weight is 786 g/mol. The van der Waals surface area contributed by atoms with Crippen LogP contribution in [0.2, 0.25) is 5.02 Å². The minimum Gasteiger partial charge on any atom is -0.493 e. The second kappa shape index (κ2) is 18.1. The molecule has 0 bridgehead atoms. The van der Waals surface area contributed by atoms with Crippen LogP contribution in [-0.2, 0) is 18.1 Å². The molecular weight excluding hydrogens is 733 g/mol. The van der Waals surface area contributed by atoms with E-state index in [2.05, 4.69) is 56.2 Å². The Morgan fingerprint density at radius 2 is 1.56 bits per heavy atom. The molecule has 4 aromatic rings. The molecule has 0 unspecified atom stereocenters. The Bertz CT molecular complexity index is 1890. The Kier molecular flexibility index (Phi) is 14.4. The molecule has 0 aliphatic rings. The summed E-state index contributed by atoms with van der Waals surface area (Å²) in [6, 6.07) is 10.2. The lowest BCUT2D eigenvalue weighted by molar-refractivity contribution is 0.000193. The quantitative estimate of drug-likeness (QED) is 0.0772. The molecule has 0 aliphatic heterocycles. The van der Waals surface area contributed by atoms with E-state index in [-0.39, 0.29) is 23.9 Å². The van der Waals surface area contributed by atoms with Crippen molar-refractivity contribution in [2.45, 2.75) is 79.9 Å². The van der Waals surface area contributed by atoms with Crippen LogP contribution in [0.4, 0.5) is 17.5 Å². The van der Waals surface area contributed by atoms with Crippen LogP contribution in [-0.4, -0.2) is 81.9 Å². The van der Waals surface area contributed by atoms with Gasteiger partial charge in [0.05, 0.1) is 55.1 Å². The maximum atomic E-state index is 13.5. The van der Waals surface area contributed by atoms with Crippen LogP contribution in [0.1, 0.15) is 79.1 Å². The number of hydrogen-bond donors (Lipinski definition) is 2. The summed E-state index contributed by atoms with van der Waals surface area (Å²) in [6.07, 6.45) is 5.23. The molecule has 1 amide bonds. The highest BCUT2D eigenvalue weighted by molar-refractivity contribution is 7.48. The third-order valence-electron chi connectivity index (χ3n) is 7.15. The van der Waals surface area contributed by atoms with Crippen molar-refractivity contribution < 1.29 is 32.4 Å². The van der Waals surface area contributed by atoms with Crippen molar-refractivity contribution in [2.75, 3.05) is 50.6 Å². The second-order valence-corrected chi connectivity index (χ2v) is 17.8. The number of nitrogens with zero attached hydrogens (tertiary/aromatic N) is 5. The van der Waals surface area contributed by atoms with Gasteiger partial charge in [-0.05, 0) is 77.6 Å². The first-order valence-corrected chi connectivity index (χ1v) is 19.5. The Hall–Kier alpha value is -3.91. The molecule has 54 heavy (non-hydrogen) atoms. The molecule has 0 radical (unpaired) electrons. The lowest BCUT2D eigenvalue weighted by atomic mass is 9.96. The van der Waals surface area contributed by atoms with Gasteiger partial charge in [-0.15, -0.1) is 0 Å². The Labute approximate surface area is 323 Å². The van der Waals surface area contributed by atoms with Crippen LogP contribution in [0.3, 0.4) is 0 Å². The van der Waals surface area contributed by atoms with Crippen molar-refractivity contribution in [3.8, 4) is 11.5 Å². The third kappa shape index (κ3) is 14.1. The molecule has 4 rings (SSSR count). The molecule has 0 saturated carbocycles. The van der Waals surface area contributed by atoms with E-state index in [1.807, 2.05) is 53.7 Å². The molecule has 0 fully saturated rings. The standard InChI is InChI=1S/C38H53ClN7O7P/c1-36(2,3)24-46(16-18-51-54(48,52-37(4,5)6)53-38(7,8)9)15-12-17-50-32-21-30-29(20-31(32)49-10)33(43-25-42-30)44-28-22-40-35(41-23-28)45-34(47)26-13-11-14-27(39)19-26/h11,13-14,19-23,25H,12,15-18,24H2,1-10H3,(H,42,43,44)(H,40,41,45,47). The Morgan fingerprint density at radius 3 is 2.17 bits per heavy atom. The number of nitrogens with one attached hydrogen (secondary N) is 2. The van der Waals surface area contributed by atoms with Gasteiger partial charge in [0.1, 0.15) is 12.1 Å². The van der Waals surface area contributed by atoms with Gasteiger partial charge in [0.15, 0.2) is 11.5 Å². The number of methoxy groups -OCH3 is 1. The molecule has 0 atom stereocenters. The molecular formula is C38H53ClN7O7P. The van der Waals surface area contributed by atoms with E-state index in [1.165, 1.54) is 18.7 Å². The molecule has 14 nitrogen and oxygen atoms in total. The van der Waals surface area contributed by atoms with Gasteiger partial charge >= 0.3 is 7.82 Å². The number of rotatable bonds is 17. The van der Waals surface area contributed by atoms with Gasteiger partial charge in [-0.25, -0.2) is 24.5 Å². The molecule has 2 aromatic carbocycles. The van der Waals surface area contributed by atoms with Gasteiger partial charge in [-0.3, -0.25) is 23.7 Å². The molecule has 0 spiro atoms. The number of amides is 1. The number of ether oxygens (including phenoxy) is 2. The van der Waals surface area contributed by atoms with Crippen molar-refractivity contribution in [1.82, 2.24) is 24.8 Å². The topological polar surface area (TPSA) is 159 Å². The van der Waals surface area contributed by atoms with E-state index in [9.17, 15) is 9.36 Å². The van der Waals surface area contributed by atoms with Gasteiger partial charge in [-0.2, -0.15) is 0 Å². The van der Waals surface area contributed by atoms with Gasteiger partial charge in [0, 0.05) is 41.7 Å². The number of anilines is 3. The highest BCUT2D eigenvalue weighted by Crippen LogP contribution is 2.55.